The van der Waals surface area contributed by atoms with Gasteiger partial charge in [-0.3, -0.25) is 0 Å². The second kappa shape index (κ2) is 6.71. The van der Waals surface area contributed by atoms with Crippen LogP contribution in [0.15, 0.2) is 18.2 Å². The van der Waals surface area contributed by atoms with Crippen molar-refractivity contribution >= 4 is 28.5 Å². The van der Waals surface area contributed by atoms with Gasteiger partial charge in [0.15, 0.2) is 0 Å². The van der Waals surface area contributed by atoms with Crippen LogP contribution < -0.4 is 4.52 Å². The highest BCUT2D eigenvalue weighted by Crippen LogP contribution is 2.64. The molecule has 18 heavy (non-hydrogen) atoms. The average molecular weight is 301 g/mol. The quantitative estimate of drug-likeness (QED) is 0.758. The van der Waals surface area contributed by atoms with E-state index in [1.807, 2.05) is 19.1 Å². The van der Waals surface area contributed by atoms with E-state index < -0.39 is 5.92 Å². The van der Waals surface area contributed by atoms with Gasteiger partial charge in [-0.15, -0.1) is 0 Å². The van der Waals surface area contributed by atoms with Gasteiger partial charge in [0.2, 0.25) is 0 Å². The highest BCUT2D eigenvalue weighted by Gasteiger charge is 2.23. The zero-order valence-corrected chi connectivity index (χ0v) is 12.1. The van der Waals surface area contributed by atoms with Crippen LogP contribution in [-0.2, 0) is 4.57 Å². The summed E-state index contributed by atoms with van der Waals surface area (Å²) in [5.41, 5.74) is 0.483. The van der Waals surface area contributed by atoms with Crippen molar-refractivity contribution < 1.29 is 9.09 Å². The Morgan fingerprint density at radius 1 is 1.44 bits per heavy atom. The van der Waals surface area contributed by atoms with Crippen LogP contribution in [0.1, 0.15) is 24.5 Å². The van der Waals surface area contributed by atoms with Crippen LogP contribution in [0.3, 0.4) is 0 Å². The topological polar surface area (TPSA) is 73.9 Å². The molecule has 1 unspecified atom stereocenters. The maximum absolute atomic E-state index is 11.9. The molecule has 0 bridgehead atoms. The molecule has 0 aromatic heterocycles. The normalized spacial score (nSPS) is 13.1. The summed E-state index contributed by atoms with van der Waals surface area (Å²) in [5, 5.41) is 17.6. The molecule has 1 rings (SSSR count). The molecule has 0 spiro atoms. The summed E-state index contributed by atoms with van der Waals surface area (Å²) in [5.74, 6) is -2.59. The van der Waals surface area contributed by atoms with Crippen molar-refractivity contribution in [3.05, 3.63) is 29.3 Å². The van der Waals surface area contributed by atoms with Crippen LogP contribution in [0.5, 0.6) is 5.75 Å². The fourth-order valence-electron chi connectivity index (χ4n) is 1.11. The second-order valence-electron chi connectivity index (χ2n) is 3.29. The Morgan fingerprint density at radius 2 is 2.17 bits per heavy atom. The summed E-state index contributed by atoms with van der Waals surface area (Å²) in [6, 6.07) is 8.08. The van der Waals surface area contributed by atoms with Crippen LogP contribution in [0.2, 0.25) is 0 Å². The van der Waals surface area contributed by atoms with Gasteiger partial charge in [0.25, 0.3) is 0 Å². The number of hydrogen-bond donors (Lipinski definition) is 0. The maximum Gasteiger partial charge on any atom is 0.393 e. The molecule has 0 saturated carbocycles. The van der Waals surface area contributed by atoms with Crippen molar-refractivity contribution in [1.29, 1.82) is 10.5 Å². The number of hydrogen-bond acceptors (Lipinski definition) is 5. The molecule has 0 N–H and O–H groups in total. The van der Waals surface area contributed by atoms with Gasteiger partial charge in [-0.25, -0.2) is 4.57 Å². The Balaban J connectivity index is 2.95. The van der Waals surface area contributed by atoms with E-state index in [0.29, 0.717) is 11.3 Å². The molecule has 0 radical (unpaired) electrons. The van der Waals surface area contributed by atoms with Crippen molar-refractivity contribution in [1.82, 2.24) is 0 Å². The number of nitrogens with zero attached hydrogens (tertiary/aromatic N) is 2. The fraction of sp³-hybridized carbons (Fsp3) is 0.273. The number of rotatable bonds is 5. The van der Waals surface area contributed by atoms with E-state index in [1.54, 1.807) is 0 Å². The lowest BCUT2D eigenvalue weighted by Crippen LogP contribution is -1.90. The van der Waals surface area contributed by atoms with Crippen molar-refractivity contribution in [2.24, 2.45) is 0 Å². The van der Waals surface area contributed by atoms with E-state index in [9.17, 15) is 4.57 Å². The Kier molecular flexibility index (Phi) is 5.56. The molecule has 94 valence electrons. The zero-order valence-electron chi connectivity index (χ0n) is 9.59. The Morgan fingerprint density at radius 3 is 2.72 bits per heavy atom. The first-order valence-corrected chi connectivity index (χ1v) is 9.22. The van der Waals surface area contributed by atoms with E-state index in [1.165, 1.54) is 18.2 Å². The molecular formula is C11H10ClN2O2PS. The van der Waals surface area contributed by atoms with Gasteiger partial charge in [-0.2, -0.15) is 10.5 Å². The van der Waals surface area contributed by atoms with E-state index in [2.05, 4.69) is 0 Å². The first-order valence-electron chi connectivity index (χ1n) is 5.10. The zero-order chi connectivity index (χ0) is 13.6. The summed E-state index contributed by atoms with van der Waals surface area (Å²) in [6.07, 6.45) is 0.823. The first-order chi connectivity index (χ1) is 8.52. The Hall–Kier alpha value is -1.13. The minimum absolute atomic E-state index is 0.137. The van der Waals surface area contributed by atoms with E-state index in [-0.39, 0.29) is 11.3 Å². The highest BCUT2D eigenvalue weighted by atomic mass is 35.7. The molecule has 1 aromatic carbocycles. The molecule has 1 aromatic rings. The van der Waals surface area contributed by atoms with Gasteiger partial charge >= 0.3 is 5.92 Å². The summed E-state index contributed by atoms with van der Waals surface area (Å²) < 4.78 is 17.1. The van der Waals surface area contributed by atoms with Gasteiger partial charge < -0.3 is 4.52 Å². The number of halogens is 1. The standard InChI is InChI=1S/C11H10ClN2O2PS/c1-2-5-18-17(12,15)16-11-4-3-9(7-13)6-10(11)8-14/h3-4,6H,2,5H2,1H3. The van der Waals surface area contributed by atoms with Gasteiger partial charge in [0, 0.05) is 5.75 Å². The van der Waals surface area contributed by atoms with Gasteiger partial charge in [0.05, 0.1) is 17.2 Å². The molecule has 4 nitrogen and oxygen atoms in total. The van der Waals surface area contributed by atoms with E-state index >= 15 is 0 Å². The third-order valence-corrected chi connectivity index (χ3v) is 5.98. The molecule has 0 fully saturated rings. The van der Waals surface area contributed by atoms with E-state index in [4.69, 9.17) is 26.3 Å². The number of nitriles is 2. The number of benzene rings is 1. The monoisotopic (exact) mass is 300 g/mol. The molecule has 0 aliphatic heterocycles. The molecule has 0 heterocycles. The van der Waals surface area contributed by atoms with E-state index in [0.717, 1.165) is 17.8 Å². The van der Waals surface area contributed by atoms with Crippen LogP contribution in [-0.4, -0.2) is 5.75 Å². The summed E-state index contributed by atoms with van der Waals surface area (Å²) in [6.45, 7) is 1.94. The van der Waals surface area contributed by atoms with Gasteiger partial charge in [-0.1, -0.05) is 6.92 Å². The summed E-state index contributed by atoms with van der Waals surface area (Å²) >= 11 is 6.80. The molecule has 0 saturated heterocycles. The van der Waals surface area contributed by atoms with Crippen LogP contribution in [0, 0.1) is 22.7 Å². The Bertz CT molecular complexity index is 565. The predicted octanol–water partition coefficient (Wildman–Crippen LogP) is 4.30. The minimum atomic E-state index is -3.34. The average Bonchev–Trinajstić information content (AvgIpc) is 2.36. The minimum Gasteiger partial charge on any atom is -0.424 e. The Labute approximate surface area is 114 Å². The third-order valence-electron chi connectivity index (χ3n) is 1.89. The van der Waals surface area contributed by atoms with Crippen molar-refractivity contribution in [3.63, 3.8) is 0 Å². The van der Waals surface area contributed by atoms with Crippen LogP contribution in [0.25, 0.3) is 0 Å². The molecule has 7 heteroatoms. The van der Waals surface area contributed by atoms with Crippen molar-refractivity contribution in [2.45, 2.75) is 13.3 Å². The smallest absolute Gasteiger partial charge is 0.393 e. The van der Waals surface area contributed by atoms with Crippen LogP contribution in [0.4, 0.5) is 0 Å². The molecule has 0 amide bonds. The molecule has 1 atom stereocenters. The van der Waals surface area contributed by atoms with Gasteiger partial charge in [-0.05, 0) is 47.2 Å². The maximum atomic E-state index is 11.9. The summed E-state index contributed by atoms with van der Waals surface area (Å²) in [4.78, 5) is 0. The lowest BCUT2D eigenvalue weighted by Gasteiger charge is -2.12. The van der Waals surface area contributed by atoms with Crippen molar-refractivity contribution in [3.8, 4) is 17.9 Å². The lowest BCUT2D eigenvalue weighted by molar-refractivity contribution is 0.513. The lowest BCUT2D eigenvalue weighted by atomic mass is 10.1. The van der Waals surface area contributed by atoms with Crippen molar-refractivity contribution in [2.75, 3.05) is 5.75 Å². The van der Waals surface area contributed by atoms with Gasteiger partial charge in [0.1, 0.15) is 11.8 Å². The predicted molar refractivity (Wildman–Crippen MR) is 72.7 cm³/mol. The fourth-order valence-corrected chi connectivity index (χ4v) is 4.40. The molecular weight excluding hydrogens is 291 g/mol. The molecule has 0 aliphatic rings. The van der Waals surface area contributed by atoms with Crippen LogP contribution >= 0.6 is 28.5 Å². The largest absolute Gasteiger partial charge is 0.424 e. The molecule has 0 aliphatic carbocycles. The summed E-state index contributed by atoms with van der Waals surface area (Å²) in [7, 11) is 0. The SMILES string of the molecule is CCCSP(=O)(Cl)Oc1ccc(C#N)cc1C#N. The highest BCUT2D eigenvalue weighted by molar-refractivity contribution is 8.63. The second-order valence-corrected chi connectivity index (χ2v) is 9.15. The third kappa shape index (κ3) is 4.27. The first kappa shape index (κ1) is 14.9.